The van der Waals surface area contributed by atoms with Crippen LogP contribution in [0.15, 0.2) is 24.3 Å². The summed E-state index contributed by atoms with van der Waals surface area (Å²) in [6.07, 6.45) is 4.60. The summed E-state index contributed by atoms with van der Waals surface area (Å²) >= 11 is 0. The number of hydrogen-bond acceptors (Lipinski definition) is 3. The van der Waals surface area contributed by atoms with Crippen molar-refractivity contribution in [1.29, 1.82) is 0 Å². The first-order chi connectivity index (χ1) is 10.7. The van der Waals surface area contributed by atoms with E-state index in [9.17, 15) is 9.50 Å². The first-order valence-electron chi connectivity index (χ1n) is 8.50. The van der Waals surface area contributed by atoms with Crippen LogP contribution in [0.4, 0.5) is 4.39 Å². The smallest absolute Gasteiger partial charge is 0.127 e. The van der Waals surface area contributed by atoms with Crippen LogP contribution < -0.4 is 0 Å². The molecule has 0 bridgehead atoms. The van der Waals surface area contributed by atoms with Gasteiger partial charge in [-0.2, -0.15) is 0 Å². The van der Waals surface area contributed by atoms with Crippen LogP contribution in [-0.4, -0.2) is 54.2 Å². The summed E-state index contributed by atoms with van der Waals surface area (Å²) in [6.45, 7) is 6.23. The van der Waals surface area contributed by atoms with Crippen molar-refractivity contribution in [2.75, 3.05) is 39.3 Å². The third-order valence-electron chi connectivity index (χ3n) is 5.36. The van der Waals surface area contributed by atoms with Gasteiger partial charge in [-0.1, -0.05) is 18.2 Å². The van der Waals surface area contributed by atoms with Crippen molar-refractivity contribution in [3.63, 3.8) is 0 Å². The molecule has 2 aliphatic heterocycles. The lowest BCUT2D eigenvalue weighted by atomic mass is 9.78. The van der Waals surface area contributed by atoms with E-state index in [4.69, 9.17) is 0 Å². The number of halogens is 1. The van der Waals surface area contributed by atoms with Gasteiger partial charge in [-0.15, -0.1) is 0 Å². The number of aliphatic hydroxyl groups excluding tert-OH is 1. The van der Waals surface area contributed by atoms with Gasteiger partial charge in [0.15, 0.2) is 0 Å². The molecule has 0 spiro atoms. The minimum Gasteiger partial charge on any atom is -0.396 e. The second-order valence-electron chi connectivity index (χ2n) is 7.01. The molecule has 122 valence electrons. The van der Waals surface area contributed by atoms with E-state index >= 15 is 0 Å². The van der Waals surface area contributed by atoms with Gasteiger partial charge in [0.05, 0.1) is 6.61 Å². The normalized spacial score (nSPS) is 23.0. The molecule has 1 aromatic rings. The fourth-order valence-corrected chi connectivity index (χ4v) is 3.83. The molecule has 0 radical (unpaired) electrons. The molecule has 0 unspecified atom stereocenters. The van der Waals surface area contributed by atoms with Crippen molar-refractivity contribution in [3.05, 3.63) is 35.6 Å². The second kappa shape index (κ2) is 7.07. The fourth-order valence-electron chi connectivity index (χ4n) is 3.83. The second-order valence-corrected chi connectivity index (χ2v) is 7.01. The Labute approximate surface area is 132 Å². The lowest BCUT2D eigenvalue weighted by Gasteiger charge is -2.42. The van der Waals surface area contributed by atoms with E-state index in [0.29, 0.717) is 6.54 Å². The van der Waals surface area contributed by atoms with E-state index in [0.717, 1.165) is 38.0 Å². The highest BCUT2D eigenvalue weighted by Crippen LogP contribution is 2.33. The van der Waals surface area contributed by atoms with Crippen LogP contribution in [0.1, 0.15) is 31.2 Å². The molecule has 3 rings (SSSR count). The molecule has 0 amide bonds. The lowest BCUT2D eigenvalue weighted by Crippen LogP contribution is -2.47. The minimum atomic E-state index is -0.112. The Morgan fingerprint density at radius 3 is 2.32 bits per heavy atom. The molecule has 0 atom stereocenters. The van der Waals surface area contributed by atoms with E-state index in [1.165, 1.54) is 32.0 Å². The van der Waals surface area contributed by atoms with Crippen LogP contribution >= 0.6 is 0 Å². The highest BCUT2D eigenvalue weighted by Gasteiger charge is 2.36. The molecule has 2 aliphatic rings. The number of likely N-dealkylation sites (tertiary alicyclic amines) is 2. The van der Waals surface area contributed by atoms with Gasteiger partial charge in [-0.3, -0.25) is 4.90 Å². The zero-order chi connectivity index (χ0) is 15.4. The summed E-state index contributed by atoms with van der Waals surface area (Å²) in [7, 11) is 0. The van der Waals surface area contributed by atoms with Crippen LogP contribution in [0.25, 0.3) is 0 Å². The zero-order valence-electron chi connectivity index (χ0n) is 13.3. The maximum Gasteiger partial charge on any atom is 0.127 e. The van der Waals surface area contributed by atoms with Gasteiger partial charge < -0.3 is 10.0 Å². The third-order valence-corrected chi connectivity index (χ3v) is 5.36. The molecule has 2 saturated heterocycles. The molecule has 0 aliphatic carbocycles. The van der Waals surface area contributed by atoms with Gasteiger partial charge in [0.1, 0.15) is 5.82 Å². The van der Waals surface area contributed by atoms with Crippen LogP contribution in [0.2, 0.25) is 0 Å². The molecule has 4 heteroatoms. The lowest BCUT2D eigenvalue weighted by molar-refractivity contribution is 0.0162. The Bertz CT molecular complexity index is 480. The van der Waals surface area contributed by atoms with E-state index in [-0.39, 0.29) is 17.8 Å². The predicted molar refractivity (Wildman–Crippen MR) is 86.1 cm³/mol. The monoisotopic (exact) mass is 306 g/mol. The molecule has 0 saturated carbocycles. The summed E-state index contributed by atoms with van der Waals surface area (Å²) in [5.74, 6) is -0.112. The Morgan fingerprint density at radius 1 is 1.00 bits per heavy atom. The largest absolute Gasteiger partial charge is 0.396 e. The fraction of sp³-hybridized carbons (Fsp3) is 0.667. The summed E-state index contributed by atoms with van der Waals surface area (Å²) in [4.78, 5) is 4.82. The minimum absolute atomic E-state index is 0.0517. The average molecular weight is 306 g/mol. The maximum absolute atomic E-state index is 13.8. The molecule has 2 fully saturated rings. The summed E-state index contributed by atoms with van der Waals surface area (Å²) < 4.78 is 13.8. The van der Waals surface area contributed by atoms with Crippen LogP contribution in [-0.2, 0) is 6.54 Å². The highest BCUT2D eigenvalue weighted by molar-refractivity contribution is 5.17. The van der Waals surface area contributed by atoms with Crippen molar-refractivity contribution >= 4 is 0 Å². The SMILES string of the molecule is OCC1(CN2CCCC2)CCN(Cc2ccccc2F)CC1. The zero-order valence-corrected chi connectivity index (χ0v) is 13.3. The van der Waals surface area contributed by atoms with Crippen LogP contribution in [0, 0.1) is 11.2 Å². The van der Waals surface area contributed by atoms with Crippen molar-refractivity contribution < 1.29 is 9.50 Å². The molecule has 0 aromatic heterocycles. The standard InChI is InChI=1S/C18H27FN2O/c19-17-6-2-1-5-16(17)13-20-11-7-18(15-22,8-12-20)14-21-9-3-4-10-21/h1-2,5-6,22H,3-4,7-15H2. The molecular formula is C18H27FN2O. The number of piperidine rings is 1. The first kappa shape index (κ1) is 15.9. The van der Waals surface area contributed by atoms with Crippen molar-refractivity contribution in [1.82, 2.24) is 9.80 Å². The number of aliphatic hydroxyl groups is 1. The van der Waals surface area contributed by atoms with Gasteiger partial charge in [0.2, 0.25) is 0 Å². The van der Waals surface area contributed by atoms with E-state index < -0.39 is 0 Å². The molecule has 3 nitrogen and oxygen atoms in total. The van der Waals surface area contributed by atoms with Crippen LogP contribution in [0.5, 0.6) is 0 Å². The Morgan fingerprint density at radius 2 is 1.68 bits per heavy atom. The molecule has 22 heavy (non-hydrogen) atoms. The summed E-state index contributed by atoms with van der Waals surface area (Å²) in [5.41, 5.74) is 0.828. The van der Waals surface area contributed by atoms with Gasteiger partial charge >= 0.3 is 0 Å². The topological polar surface area (TPSA) is 26.7 Å². The number of hydrogen-bond donors (Lipinski definition) is 1. The summed E-state index contributed by atoms with van der Waals surface area (Å²) in [5, 5.41) is 9.92. The predicted octanol–water partition coefficient (Wildman–Crippen LogP) is 2.50. The van der Waals surface area contributed by atoms with E-state index in [1.807, 2.05) is 12.1 Å². The van der Waals surface area contributed by atoms with Crippen LogP contribution in [0.3, 0.4) is 0 Å². The molecular weight excluding hydrogens is 279 g/mol. The van der Waals surface area contributed by atoms with E-state index in [1.54, 1.807) is 6.07 Å². The Hall–Kier alpha value is -0.970. The first-order valence-corrected chi connectivity index (χ1v) is 8.50. The van der Waals surface area contributed by atoms with Crippen molar-refractivity contribution in [3.8, 4) is 0 Å². The summed E-state index contributed by atoms with van der Waals surface area (Å²) in [6, 6.07) is 7.04. The van der Waals surface area contributed by atoms with E-state index in [2.05, 4.69) is 9.80 Å². The third kappa shape index (κ3) is 3.67. The molecule has 2 heterocycles. The van der Waals surface area contributed by atoms with Gasteiger partial charge in [-0.05, 0) is 57.9 Å². The van der Waals surface area contributed by atoms with Gasteiger partial charge in [0, 0.05) is 24.1 Å². The quantitative estimate of drug-likeness (QED) is 0.905. The molecule has 1 aromatic carbocycles. The van der Waals surface area contributed by atoms with Gasteiger partial charge in [0.25, 0.3) is 0 Å². The van der Waals surface area contributed by atoms with Gasteiger partial charge in [-0.25, -0.2) is 4.39 Å². The average Bonchev–Trinajstić information content (AvgIpc) is 3.04. The maximum atomic E-state index is 13.8. The highest BCUT2D eigenvalue weighted by atomic mass is 19.1. The number of rotatable bonds is 5. The van der Waals surface area contributed by atoms with Crippen molar-refractivity contribution in [2.45, 2.75) is 32.2 Å². The number of nitrogens with zero attached hydrogens (tertiary/aromatic N) is 2. The number of benzene rings is 1. The van der Waals surface area contributed by atoms with Crippen molar-refractivity contribution in [2.24, 2.45) is 5.41 Å². The molecule has 1 N–H and O–H groups in total. The Balaban J connectivity index is 1.55. The Kier molecular flexibility index (Phi) is 5.11.